The van der Waals surface area contributed by atoms with Gasteiger partial charge in [-0.05, 0) is 35.9 Å². The van der Waals surface area contributed by atoms with Crippen LogP contribution in [0.1, 0.15) is 22.3 Å². The van der Waals surface area contributed by atoms with Crippen molar-refractivity contribution in [3.8, 4) is 17.3 Å². The number of ether oxygens (including phenoxy) is 1. The molecular formula is C25H19N3O2S. The number of hydrogen-bond acceptors (Lipinski definition) is 6. The van der Waals surface area contributed by atoms with E-state index in [2.05, 4.69) is 40.6 Å². The van der Waals surface area contributed by atoms with E-state index in [0.717, 1.165) is 16.6 Å². The van der Waals surface area contributed by atoms with E-state index in [1.165, 1.54) is 16.7 Å². The van der Waals surface area contributed by atoms with Gasteiger partial charge in [-0.25, -0.2) is 9.78 Å². The monoisotopic (exact) mass is 425 g/mol. The van der Waals surface area contributed by atoms with Gasteiger partial charge in [0.25, 0.3) is 0 Å². The number of carbonyl (C=O) groups is 1. The Labute approximate surface area is 184 Å². The van der Waals surface area contributed by atoms with Crippen molar-refractivity contribution in [3.05, 3.63) is 88.9 Å². The number of benzene rings is 3. The largest absolute Gasteiger partial charge is 0.462 e. The Morgan fingerprint density at radius 1 is 1.13 bits per heavy atom. The fourth-order valence-electron chi connectivity index (χ4n) is 3.17. The molecule has 0 aliphatic rings. The number of thiazole rings is 1. The number of para-hydroxylation sites is 1. The second-order valence-electron chi connectivity index (χ2n) is 6.68. The van der Waals surface area contributed by atoms with Gasteiger partial charge in [0.15, 0.2) is 0 Å². The third-order valence-corrected chi connectivity index (χ3v) is 5.57. The number of allylic oxidation sites excluding steroid dienone is 1. The number of nitriles is 1. The predicted octanol–water partition coefficient (Wildman–Crippen LogP) is 6.12. The number of anilines is 1. The molecular weight excluding hydrogens is 406 g/mol. The maximum absolute atomic E-state index is 12.1. The number of nitrogens with zero attached hydrogens (tertiary/aromatic N) is 2. The first-order valence-corrected chi connectivity index (χ1v) is 10.7. The Balaban J connectivity index is 1.59. The van der Waals surface area contributed by atoms with E-state index < -0.39 is 5.97 Å². The summed E-state index contributed by atoms with van der Waals surface area (Å²) in [5.74, 6) is -0.412. The molecule has 0 aliphatic carbocycles. The molecule has 1 heterocycles. The molecule has 0 bridgehead atoms. The lowest BCUT2D eigenvalue weighted by Crippen LogP contribution is -2.07. The van der Waals surface area contributed by atoms with Crippen LogP contribution in [-0.2, 0) is 4.74 Å². The van der Waals surface area contributed by atoms with E-state index in [1.54, 1.807) is 31.3 Å². The van der Waals surface area contributed by atoms with Crippen LogP contribution >= 0.6 is 11.3 Å². The molecule has 0 amide bonds. The molecule has 6 heteroatoms. The topological polar surface area (TPSA) is 75.0 Å². The first-order chi connectivity index (χ1) is 15.2. The van der Waals surface area contributed by atoms with Crippen molar-refractivity contribution in [1.29, 1.82) is 5.26 Å². The van der Waals surface area contributed by atoms with Crippen molar-refractivity contribution < 1.29 is 9.53 Å². The molecule has 4 aromatic rings. The van der Waals surface area contributed by atoms with Crippen LogP contribution in [0.4, 0.5) is 5.69 Å². The van der Waals surface area contributed by atoms with Crippen molar-refractivity contribution in [1.82, 2.24) is 4.98 Å². The highest BCUT2D eigenvalue weighted by Crippen LogP contribution is 2.28. The van der Waals surface area contributed by atoms with Crippen molar-refractivity contribution in [2.75, 3.05) is 11.9 Å². The van der Waals surface area contributed by atoms with E-state index in [0.29, 0.717) is 28.4 Å². The maximum atomic E-state index is 12.1. The lowest BCUT2D eigenvalue weighted by atomic mass is 10.1. The number of esters is 1. The van der Waals surface area contributed by atoms with Gasteiger partial charge in [-0.15, -0.1) is 11.3 Å². The minimum atomic E-state index is -0.412. The Hall–Kier alpha value is -3.95. The third kappa shape index (κ3) is 4.47. The van der Waals surface area contributed by atoms with E-state index in [-0.39, 0.29) is 0 Å². The van der Waals surface area contributed by atoms with Crippen LogP contribution in [0.25, 0.3) is 27.6 Å². The van der Waals surface area contributed by atoms with Crippen LogP contribution in [0.3, 0.4) is 0 Å². The molecule has 1 N–H and O–H groups in total. The van der Waals surface area contributed by atoms with Crippen LogP contribution in [0.2, 0.25) is 0 Å². The highest BCUT2D eigenvalue weighted by Gasteiger charge is 2.13. The van der Waals surface area contributed by atoms with Crippen molar-refractivity contribution in [2.45, 2.75) is 6.92 Å². The number of hydrogen-bond donors (Lipinski definition) is 1. The van der Waals surface area contributed by atoms with E-state index in [1.807, 2.05) is 29.6 Å². The van der Waals surface area contributed by atoms with Gasteiger partial charge >= 0.3 is 5.97 Å². The summed E-state index contributed by atoms with van der Waals surface area (Å²) in [4.78, 5) is 16.8. The molecule has 0 saturated heterocycles. The van der Waals surface area contributed by atoms with E-state index >= 15 is 0 Å². The summed E-state index contributed by atoms with van der Waals surface area (Å²) in [6, 6.07) is 23.6. The lowest BCUT2D eigenvalue weighted by molar-refractivity contribution is 0.0527. The van der Waals surface area contributed by atoms with Crippen LogP contribution in [0.15, 0.2) is 78.3 Å². The maximum Gasteiger partial charge on any atom is 0.340 e. The summed E-state index contributed by atoms with van der Waals surface area (Å²) in [6.07, 6.45) is 1.57. The van der Waals surface area contributed by atoms with Gasteiger partial charge in [0.1, 0.15) is 16.6 Å². The molecule has 0 radical (unpaired) electrons. The second-order valence-corrected chi connectivity index (χ2v) is 7.54. The highest BCUT2D eigenvalue weighted by atomic mass is 32.1. The summed E-state index contributed by atoms with van der Waals surface area (Å²) < 4.78 is 5.09. The fraction of sp³-hybridized carbons (Fsp3) is 0.0800. The van der Waals surface area contributed by atoms with Gasteiger partial charge in [0.05, 0.1) is 23.6 Å². The van der Waals surface area contributed by atoms with Gasteiger partial charge in [-0.2, -0.15) is 5.26 Å². The summed E-state index contributed by atoms with van der Waals surface area (Å²) >= 11 is 1.40. The van der Waals surface area contributed by atoms with Gasteiger partial charge < -0.3 is 10.1 Å². The Kier molecular flexibility index (Phi) is 6.06. The zero-order valence-electron chi connectivity index (χ0n) is 16.8. The third-order valence-electron chi connectivity index (χ3n) is 4.69. The lowest BCUT2D eigenvalue weighted by Gasteiger charge is -2.08. The molecule has 4 rings (SSSR count). The van der Waals surface area contributed by atoms with Crippen molar-refractivity contribution in [3.63, 3.8) is 0 Å². The molecule has 1 aromatic heterocycles. The average molecular weight is 426 g/mol. The molecule has 5 nitrogen and oxygen atoms in total. The number of carbonyl (C=O) groups excluding carboxylic acids is 1. The Morgan fingerprint density at radius 3 is 2.71 bits per heavy atom. The fourth-order valence-corrected chi connectivity index (χ4v) is 3.96. The van der Waals surface area contributed by atoms with E-state index in [4.69, 9.17) is 4.74 Å². The second kappa shape index (κ2) is 9.24. The van der Waals surface area contributed by atoms with Crippen LogP contribution in [-0.4, -0.2) is 17.6 Å². The molecule has 0 aliphatic heterocycles. The number of rotatable bonds is 6. The minimum absolute atomic E-state index is 0.295. The molecule has 0 atom stereocenters. The van der Waals surface area contributed by atoms with Gasteiger partial charge in [-0.1, -0.05) is 48.5 Å². The molecule has 0 unspecified atom stereocenters. The predicted molar refractivity (Wildman–Crippen MR) is 125 cm³/mol. The van der Waals surface area contributed by atoms with Crippen molar-refractivity contribution >= 4 is 39.3 Å². The minimum Gasteiger partial charge on any atom is -0.462 e. The SMILES string of the molecule is CCOC(=O)c1ccccc1N/C=C(/C#N)c1nc(-c2ccc3ccccc3c2)cs1. The zero-order valence-corrected chi connectivity index (χ0v) is 17.6. The summed E-state index contributed by atoms with van der Waals surface area (Å²) in [5.41, 5.74) is 3.18. The van der Waals surface area contributed by atoms with Crippen LogP contribution in [0.5, 0.6) is 0 Å². The van der Waals surface area contributed by atoms with Crippen molar-refractivity contribution in [2.24, 2.45) is 0 Å². The molecule has 0 fully saturated rings. The highest BCUT2D eigenvalue weighted by molar-refractivity contribution is 7.11. The quantitative estimate of drug-likeness (QED) is 0.298. The van der Waals surface area contributed by atoms with Crippen LogP contribution in [0, 0.1) is 11.3 Å². The number of aromatic nitrogens is 1. The molecule has 0 saturated carbocycles. The number of fused-ring (bicyclic) bond motifs is 1. The smallest absolute Gasteiger partial charge is 0.340 e. The first-order valence-electron chi connectivity index (χ1n) is 9.77. The molecule has 152 valence electrons. The first kappa shape index (κ1) is 20.3. The Bertz CT molecular complexity index is 1320. The number of nitrogens with one attached hydrogen (secondary N) is 1. The Morgan fingerprint density at radius 2 is 1.90 bits per heavy atom. The summed E-state index contributed by atoms with van der Waals surface area (Å²) in [7, 11) is 0. The van der Waals surface area contributed by atoms with Gasteiger partial charge in [0.2, 0.25) is 0 Å². The van der Waals surface area contributed by atoms with Gasteiger partial charge in [-0.3, -0.25) is 0 Å². The van der Waals surface area contributed by atoms with Gasteiger partial charge in [0, 0.05) is 17.1 Å². The standard InChI is InChI=1S/C25H19N3O2S/c1-2-30-25(29)21-9-5-6-10-22(21)27-15-20(14-26)24-28-23(16-31-24)19-12-11-17-7-3-4-8-18(17)13-19/h3-13,15-16,27H,2H2,1H3/b20-15-. The molecule has 0 spiro atoms. The summed E-state index contributed by atoms with van der Waals surface area (Å²) in [5, 5.41) is 17.6. The normalized spacial score (nSPS) is 11.2. The summed E-state index contributed by atoms with van der Waals surface area (Å²) in [6.45, 7) is 2.06. The zero-order chi connectivity index (χ0) is 21.6. The van der Waals surface area contributed by atoms with Crippen LogP contribution < -0.4 is 5.32 Å². The average Bonchev–Trinajstić information content (AvgIpc) is 3.30. The van der Waals surface area contributed by atoms with E-state index in [9.17, 15) is 10.1 Å². The molecule has 3 aromatic carbocycles. The molecule has 31 heavy (non-hydrogen) atoms.